The fourth-order valence-electron chi connectivity index (χ4n) is 4.16. The lowest BCUT2D eigenvalue weighted by Gasteiger charge is -2.30. The fraction of sp³-hybridized carbons (Fsp3) is 0.304. The molecule has 2 aromatic carbocycles. The zero-order valence-corrected chi connectivity index (χ0v) is 20.2. The number of para-hydroxylation sites is 1. The van der Waals surface area contributed by atoms with Gasteiger partial charge in [-0.15, -0.1) is 0 Å². The van der Waals surface area contributed by atoms with Crippen LogP contribution >= 0.6 is 23.2 Å². The number of sulfonamides is 1. The van der Waals surface area contributed by atoms with Crippen LogP contribution in [0.15, 0.2) is 48.7 Å². The third kappa shape index (κ3) is 4.66. The molecule has 1 fully saturated rings. The number of carbonyl (C=O) groups is 2. The normalized spacial score (nSPS) is 15.6. The maximum atomic E-state index is 13.3. The summed E-state index contributed by atoms with van der Waals surface area (Å²) >= 11 is 12.3. The number of esters is 1. The zero-order chi connectivity index (χ0) is 23.8. The van der Waals surface area contributed by atoms with Crippen LogP contribution in [0.3, 0.4) is 0 Å². The van der Waals surface area contributed by atoms with Crippen LogP contribution in [0.4, 0.5) is 0 Å². The summed E-state index contributed by atoms with van der Waals surface area (Å²) in [4.78, 5) is 25.4. The lowest BCUT2D eigenvalue weighted by molar-refractivity contribution is 0.0603. The number of aromatic nitrogens is 1. The van der Waals surface area contributed by atoms with Gasteiger partial charge >= 0.3 is 5.97 Å². The molecule has 0 unspecified atom stereocenters. The van der Waals surface area contributed by atoms with E-state index in [1.165, 1.54) is 22.2 Å². The Hall–Kier alpha value is -2.39. The Balaban J connectivity index is 1.50. The molecule has 7 nitrogen and oxygen atoms in total. The average Bonchev–Trinajstić information content (AvgIpc) is 3.20. The van der Waals surface area contributed by atoms with Crippen LogP contribution in [-0.2, 0) is 20.5 Å². The van der Waals surface area contributed by atoms with Gasteiger partial charge in [-0.3, -0.25) is 9.36 Å². The third-order valence-corrected chi connectivity index (χ3v) is 8.45. The lowest BCUT2D eigenvalue weighted by Crippen LogP contribution is -2.41. The number of nitrogens with zero attached hydrogens (tertiary/aromatic N) is 2. The van der Waals surface area contributed by atoms with Gasteiger partial charge in [0, 0.05) is 46.2 Å². The van der Waals surface area contributed by atoms with Crippen LogP contribution in [0, 0.1) is 5.92 Å². The molecule has 0 saturated carbocycles. The van der Waals surface area contributed by atoms with Crippen LogP contribution < -0.4 is 0 Å². The molecule has 0 bridgehead atoms. The second kappa shape index (κ2) is 9.46. The van der Waals surface area contributed by atoms with Crippen molar-refractivity contribution >= 4 is 56.0 Å². The number of halogens is 2. The van der Waals surface area contributed by atoms with Gasteiger partial charge in [0.1, 0.15) is 0 Å². The first-order valence-electron chi connectivity index (χ1n) is 10.4. The Morgan fingerprint density at radius 2 is 1.67 bits per heavy atom. The van der Waals surface area contributed by atoms with Gasteiger partial charge in [-0.1, -0.05) is 47.5 Å². The predicted octanol–water partition coefficient (Wildman–Crippen LogP) is 4.62. The second-order valence-electron chi connectivity index (χ2n) is 7.89. The van der Waals surface area contributed by atoms with E-state index in [0.717, 1.165) is 0 Å². The summed E-state index contributed by atoms with van der Waals surface area (Å²) in [5.41, 5.74) is 1.30. The van der Waals surface area contributed by atoms with Gasteiger partial charge < -0.3 is 4.74 Å². The van der Waals surface area contributed by atoms with Gasteiger partial charge in [-0.25, -0.2) is 17.5 Å². The third-order valence-electron chi connectivity index (χ3n) is 5.94. The quantitative estimate of drug-likeness (QED) is 0.469. The highest BCUT2D eigenvalue weighted by atomic mass is 35.5. The highest BCUT2D eigenvalue weighted by Gasteiger charge is 2.33. The van der Waals surface area contributed by atoms with E-state index in [1.807, 2.05) is 0 Å². The number of fused-ring (bicyclic) bond motifs is 1. The molecule has 0 aliphatic carbocycles. The Labute approximate surface area is 201 Å². The van der Waals surface area contributed by atoms with Crippen molar-refractivity contribution in [3.63, 3.8) is 0 Å². The molecule has 10 heteroatoms. The van der Waals surface area contributed by atoms with E-state index in [9.17, 15) is 18.0 Å². The SMILES string of the molecule is COC(=O)c1cn(C(=O)C2CCN(S(=O)(=O)Cc3c(Cl)cccc3Cl)CC2)c2ccccc12. The number of benzene rings is 2. The van der Waals surface area contributed by atoms with Crippen molar-refractivity contribution in [2.24, 2.45) is 5.92 Å². The van der Waals surface area contributed by atoms with Crippen molar-refractivity contribution in [3.8, 4) is 0 Å². The van der Waals surface area contributed by atoms with Crippen molar-refractivity contribution in [1.82, 2.24) is 8.87 Å². The lowest BCUT2D eigenvalue weighted by atomic mass is 9.97. The van der Waals surface area contributed by atoms with E-state index >= 15 is 0 Å². The molecule has 0 atom stereocenters. The number of ether oxygens (including phenoxy) is 1. The Morgan fingerprint density at radius 1 is 1.03 bits per heavy atom. The van der Waals surface area contributed by atoms with Crippen LogP contribution in [0.1, 0.15) is 33.6 Å². The van der Waals surface area contributed by atoms with Crippen LogP contribution in [-0.4, -0.2) is 49.4 Å². The molecule has 1 saturated heterocycles. The van der Waals surface area contributed by atoms with Crippen LogP contribution in [0.5, 0.6) is 0 Å². The van der Waals surface area contributed by atoms with Crippen molar-refractivity contribution in [2.75, 3.05) is 20.2 Å². The van der Waals surface area contributed by atoms with E-state index < -0.39 is 16.0 Å². The standard InChI is InChI=1S/C23H22Cl2N2O5S/c1-32-23(29)17-13-27(21-8-3-2-5-16(17)21)22(28)15-9-11-26(12-10-15)33(30,31)14-18-19(24)6-4-7-20(18)25/h2-8,13,15H,9-12,14H2,1H3. The molecule has 2 heterocycles. The minimum atomic E-state index is -3.66. The van der Waals surface area contributed by atoms with Gasteiger partial charge in [0.05, 0.1) is 23.9 Å². The number of hydrogen-bond donors (Lipinski definition) is 0. The van der Waals surface area contributed by atoms with E-state index in [1.54, 1.807) is 42.5 Å². The molecule has 1 aliphatic heterocycles. The summed E-state index contributed by atoms with van der Waals surface area (Å²) in [5.74, 6) is -1.36. The second-order valence-corrected chi connectivity index (χ2v) is 10.7. The molecule has 1 aromatic heterocycles. The first kappa shape index (κ1) is 23.8. The zero-order valence-electron chi connectivity index (χ0n) is 17.8. The Morgan fingerprint density at radius 3 is 2.30 bits per heavy atom. The summed E-state index contributed by atoms with van der Waals surface area (Å²) in [6, 6.07) is 12.0. The summed E-state index contributed by atoms with van der Waals surface area (Å²) in [5, 5.41) is 1.24. The van der Waals surface area contributed by atoms with Crippen molar-refractivity contribution in [3.05, 3.63) is 69.8 Å². The van der Waals surface area contributed by atoms with Crippen molar-refractivity contribution < 1.29 is 22.7 Å². The highest BCUT2D eigenvalue weighted by molar-refractivity contribution is 7.88. The van der Waals surface area contributed by atoms with Crippen molar-refractivity contribution in [1.29, 1.82) is 0 Å². The molecule has 0 N–H and O–H groups in total. The molecule has 174 valence electrons. The number of piperidine rings is 1. The van der Waals surface area contributed by atoms with Crippen LogP contribution in [0.25, 0.3) is 10.9 Å². The van der Waals surface area contributed by atoms with E-state index in [2.05, 4.69) is 0 Å². The number of rotatable bonds is 5. The molecule has 33 heavy (non-hydrogen) atoms. The number of carbonyl (C=O) groups excluding carboxylic acids is 2. The Bertz CT molecular complexity index is 1310. The summed E-state index contributed by atoms with van der Waals surface area (Å²) in [6.07, 6.45) is 2.24. The molecule has 4 rings (SSSR count). The molecule has 3 aromatic rings. The molecule has 0 spiro atoms. The topological polar surface area (TPSA) is 85.7 Å². The molecular weight excluding hydrogens is 487 g/mol. The summed E-state index contributed by atoms with van der Waals surface area (Å²) in [6.45, 7) is 0.424. The smallest absolute Gasteiger partial charge is 0.340 e. The first-order valence-corrected chi connectivity index (χ1v) is 12.7. The number of hydrogen-bond acceptors (Lipinski definition) is 5. The minimum absolute atomic E-state index is 0.174. The summed E-state index contributed by atoms with van der Waals surface area (Å²) in [7, 11) is -2.36. The van der Waals surface area contributed by atoms with E-state index in [4.69, 9.17) is 27.9 Å². The van der Waals surface area contributed by atoms with Gasteiger partial charge in [-0.2, -0.15) is 0 Å². The largest absolute Gasteiger partial charge is 0.465 e. The van der Waals surface area contributed by atoms with Crippen molar-refractivity contribution in [2.45, 2.75) is 18.6 Å². The molecule has 0 amide bonds. The molecule has 0 radical (unpaired) electrons. The first-order chi connectivity index (χ1) is 15.7. The number of methoxy groups -OCH3 is 1. The average molecular weight is 509 g/mol. The van der Waals surface area contributed by atoms with Gasteiger partial charge in [0.25, 0.3) is 0 Å². The fourth-order valence-corrected chi connectivity index (χ4v) is 6.47. The van der Waals surface area contributed by atoms with Gasteiger partial charge in [0.2, 0.25) is 15.9 Å². The Kier molecular flexibility index (Phi) is 6.81. The molecule has 1 aliphatic rings. The van der Waals surface area contributed by atoms with E-state index in [-0.39, 0.29) is 30.7 Å². The minimum Gasteiger partial charge on any atom is -0.465 e. The van der Waals surface area contributed by atoms with Gasteiger partial charge in [-0.05, 0) is 31.0 Å². The predicted molar refractivity (Wildman–Crippen MR) is 127 cm³/mol. The maximum Gasteiger partial charge on any atom is 0.340 e. The maximum absolute atomic E-state index is 13.3. The monoisotopic (exact) mass is 508 g/mol. The van der Waals surface area contributed by atoms with Gasteiger partial charge in [0.15, 0.2) is 0 Å². The molecular formula is C23H22Cl2N2O5S. The summed E-state index contributed by atoms with van der Waals surface area (Å²) < 4.78 is 33.6. The van der Waals surface area contributed by atoms with Crippen LogP contribution in [0.2, 0.25) is 10.0 Å². The van der Waals surface area contributed by atoms with E-state index in [0.29, 0.717) is 44.9 Å². The highest BCUT2D eigenvalue weighted by Crippen LogP contribution is 2.30.